The van der Waals surface area contributed by atoms with Gasteiger partial charge in [-0.3, -0.25) is 0 Å². The molecule has 18 heavy (non-hydrogen) atoms. The molecule has 3 aromatic rings. The molecule has 0 aliphatic heterocycles. The molecule has 0 unspecified atom stereocenters. The fourth-order valence-electron chi connectivity index (χ4n) is 2.09. The Morgan fingerprint density at radius 3 is 2.94 bits per heavy atom. The summed E-state index contributed by atoms with van der Waals surface area (Å²) in [6.07, 6.45) is 5.56. The van der Waals surface area contributed by atoms with E-state index in [9.17, 15) is 0 Å². The van der Waals surface area contributed by atoms with Crippen LogP contribution in [0.25, 0.3) is 10.9 Å². The quantitative estimate of drug-likeness (QED) is 0.659. The van der Waals surface area contributed by atoms with Crippen molar-refractivity contribution >= 4 is 22.5 Å². The number of rotatable bonds is 2. The zero-order valence-corrected chi connectivity index (χ0v) is 10.7. The number of hydrogen-bond acceptors (Lipinski definition) is 2. The van der Waals surface area contributed by atoms with E-state index in [1.165, 1.54) is 5.56 Å². The first kappa shape index (κ1) is 11.2. The predicted molar refractivity (Wildman–Crippen MR) is 72.8 cm³/mol. The molecule has 3 rings (SSSR count). The third kappa shape index (κ3) is 2.09. The lowest BCUT2D eigenvalue weighted by Gasteiger charge is -2.07. The molecule has 0 atom stereocenters. The molecule has 0 amide bonds. The van der Waals surface area contributed by atoms with Crippen LogP contribution in [0.4, 0.5) is 0 Å². The maximum absolute atomic E-state index is 5.96. The van der Waals surface area contributed by atoms with E-state index in [-0.39, 0.29) is 0 Å². The van der Waals surface area contributed by atoms with Crippen LogP contribution in [0.2, 0.25) is 5.15 Å². The van der Waals surface area contributed by atoms with Crippen molar-refractivity contribution in [1.29, 1.82) is 0 Å². The second kappa shape index (κ2) is 4.42. The van der Waals surface area contributed by atoms with E-state index in [2.05, 4.69) is 29.0 Å². The van der Waals surface area contributed by atoms with Gasteiger partial charge in [0.25, 0.3) is 0 Å². The lowest BCUT2D eigenvalue weighted by atomic mass is 10.1. The molecule has 0 fully saturated rings. The van der Waals surface area contributed by atoms with Crippen molar-refractivity contribution in [3.05, 3.63) is 59.3 Å². The average molecular weight is 258 g/mol. The first-order valence-corrected chi connectivity index (χ1v) is 6.12. The van der Waals surface area contributed by atoms with Crippen molar-refractivity contribution in [2.45, 2.75) is 13.5 Å². The zero-order chi connectivity index (χ0) is 12.5. The van der Waals surface area contributed by atoms with Crippen molar-refractivity contribution < 1.29 is 0 Å². The van der Waals surface area contributed by atoms with Gasteiger partial charge in [-0.15, -0.1) is 0 Å². The molecule has 90 valence electrons. The fraction of sp³-hybridized carbons (Fsp3) is 0.143. The highest BCUT2D eigenvalue weighted by atomic mass is 35.5. The largest absolute Gasteiger partial charge is 0.333 e. The number of halogens is 1. The van der Waals surface area contributed by atoms with Crippen molar-refractivity contribution in [3.63, 3.8) is 0 Å². The predicted octanol–water partition coefficient (Wildman–Crippen LogP) is 3.44. The van der Waals surface area contributed by atoms with Crippen LogP contribution < -0.4 is 0 Å². The summed E-state index contributed by atoms with van der Waals surface area (Å²) < 4.78 is 2.04. The minimum Gasteiger partial charge on any atom is -0.333 e. The van der Waals surface area contributed by atoms with Gasteiger partial charge in [0.2, 0.25) is 0 Å². The first-order chi connectivity index (χ1) is 8.72. The summed E-state index contributed by atoms with van der Waals surface area (Å²) in [7, 11) is 0. The Morgan fingerprint density at radius 2 is 2.17 bits per heavy atom. The average Bonchev–Trinajstić information content (AvgIpc) is 2.83. The minimum atomic E-state index is 0.544. The standard InChI is InChI=1S/C14H12ClN3/c1-10-6-14(15)17-13-3-2-11(7-12(10)13)8-18-5-4-16-9-18/h2-7,9H,8H2,1H3. The smallest absolute Gasteiger partial charge is 0.130 e. The van der Waals surface area contributed by atoms with Crippen molar-refractivity contribution in [2.75, 3.05) is 0 Å². The Labute approximate surface area is 110 Å². The molecule has 1 aromatic carbocycles. The van der Waals surface area contributed by atoms with Gasteiger partial charge in [-0.05, 0) is 36.2 Å². The second-order valence-corrected chi connectivity index (χ2v) is 4.74. The summed E-state index contributed by atoms with van der Waals surface area (Å²) >= 11 is 5.96. The van der Waals surface area contributed by atoms with E-state index in [0.29, 0.717) is 5.15 Å². The number of aromatic nitrogens is 3. The van der Waals surface area contributed by atoms with Crippen LogP contribution in [0.3, 0.4) is 0 Å². The van der Waals surface area contributed by atoms with Crippen LogP contribution in [-0.4, -0.2) is 14.5 Å². The monoisotopic (exact) mass is 257 g/mol. The number of pyridine rings is 1. The number of aryl methyl sites for hydroxylation is 1. The van der Waals surface area contributed by atoms with Gasteiger partial charge in [0.15, 0.2) is 0 Å². The van der Waals surface area contributed by atoms with Crippen LogP contribution in [0, 0.1) is 6.92 Å². The summed E-state index contributed by atoms with van der Waals surface area (Å²) in [6.45, 7) is 2.87. The molecular weight excluding hydrogens is 246 g/mol. The normalized spacial score (nSPS) is 11.0. The van der Waals surface area contributed by atoms with Gasteiger partial charge in [-0.25, -0.2) is 9.97 Å². The van der Waals surface area contributed by atoms with E-state index < -0.39 is 0 Å². The molecule has 0 saturated carbocycles. The Morgan fingerprint density at radius 1 is 1.28 bits per heavy atom. The lowest BCUT2D eigenvalue weighted by Crippen LogP contribution is -1.96. The Kier molecular flexibility index (Phi) is 2.76. The maximum Gasteiger partial charge on any atom is 0.130 e. The SMILES string of the molecule is Cc1cc(Cl)nc2ccc(Cn3ccnc3)cc12. The van der Waals surface area contributed by atoms with Gasteiger partial charge in [0, 0.05) is 24.3 Å². The van der Waals surface area contributed by atoms with Crippen molar-refractivity contribution in [1.82, 2.24) is 14.5 Å². The molecule has 3 nitrogen and oxygen atoms in total. The van der Waals surface area contributed by atoms with Gasteiger partial charge in [0.05, 0.1) is 11.8 Å². The third-order valence-corrected chi connectivity index (χ3v) is 3.17. The van der Waals surface area contributed by atoms with Gasteiger partial charge in [-0.1, -0.05) is 17.7 Å². The van der Waals surface area contributed by atoms with Crippen molar-refractivity contribution in [3.8, 4) is 0 Å². The third-order valence-electron chi connectivity index (χ3n) is 2.97. The summed E-state index contributed by atoms with van der Waals surface area (Å²) in [5.41, 5.74) is 3.32. The maximum atomic E-state index is 5.96. The number of imidazole rings is 1. The van der Waals surface area contributed by atoms with Gasteiger partial charge in [0.1, 0.15) is 5.15 Å². The lowest BCUT2D eigenvalue weighted by molar-refractivity contribution is 0.798. The molecule has 0 aliphatic rings. The van der Waals surface area contributed by atoms with Crippen LogP contribution in [-0.2, 0) is 6.54 Å². The highest BCUT2D eigenvalue weighted by Gasteiger charge is 2.03. The van der Waals surface area contributed by atoms with Gasteiger partial charge < -0.3 is 4.57 Å². The molecule has 0 radical (unpaired) electrons. The van der Waals surface area contributed by atoms with E-state index in [1.807, 2.05) is 29.2 Å². The van der Waals surface area contributed by atoms with E-state index in [1.54, 1.807) is 6.20 Å². The molecule has 2 heterocycles. The molecule has 2 aromatic heterocycles. The van der Waals surface area contributed by atoms with Gasteiger partial charge in [-0.2, -0.15) is 0 Å². The number of benzene rings is 1. The molecular formula is C14H12ClN3. The second-order valence-electron chi connectivity index (χ2n) is 4.35. The molecule has 0 aliphatic carbocycles. The summed E-state index contributed by atoms with van der Waals surface area (Å²) in [5.74, 6) is 0. The molecule has 0 spiro atoms. The fourth-order valence-corrected chi connectivity index (χ4v) is 2.34. The molecule has 0 saturated heterocycles. The van der Waals surface area contributed by atoms with Crippen LogP contribution in [0.5, 0.6) is 0 Å². The Balaban J connectivity index is 2.05. The molecule has 0 N–H and O–H groups in total. The number of fused-ring (bicyclic) bond motifs is 1. The zero-order valence-electron chi connectivity index (χ0n) is 9.97. The van der Waals surface area contributed by atoms with E-state index >= 15 is 0 Å². The summed E-state index contributed by atoms with van der Waals surface area (Å²) in [6, 6.07) is 8.14. The number of nitrogens with zero attached hydrogens (tertiary/aromatic N) is 3. The van der Waals surface area contributed by atoms with Crippen LogP contribution in [0.1, 0.15) is 11.1 Å². The Bertz CT molecular complexity index is 690. The topological polar surface area (TPSA) is 30.7 Å². The van der Waals surface area contributed by atoms with Crippen LogP contribution in [0.15, 0.2) is 43.0 Å². The highest BCUT2D eigenvalue weighted by Crippen LogP contribution is 2.21. The summed E-state index contributed by atoms with van der Waals surface area (Å²) in [5, 5.41) is 1.69. The highest BCUT2D eigenvalue weighted by molar-refractivity contribution is 6.29. The van der Waals surface area contributed by atoms with E-state index in [0.717, 1.165) is 23.0 Å². The first-order valence-electron chi connectivity index (χ1n) is 5.74. The molecule has 0 bridgehead atoms. The summed E-state index contributed by atoms with van der Waals surface area (Å²) in [4.78, 5) is 8.36. The Hall–Kier alpha value is -1.87. The minimum absolute atomic E-state index is 0.544. The molecule has 4 heteroatoms. The van der Waals surface area contributed by atoms with Crippen molar-refractivity contribution in [2.24, 2.45) is 0 Å². The van der Waals surface area contributed by atoms with Crippen LogP contribution >= 0.6 is 11.6 Å². The van der Waals surface area contributed by atoms with E-state index in [4.69, 9.17) is 11.6 Å². The van der Waals surface area contributed by atoms with Gasteiger partial charge >= 0.3 is 0 Å². The number of hydrogen-bond donors (Lipinski definition) is 0.